The molecule has 0 aliphatic carbocycles. The van der Waals surface area contributed by atoms with Gasteiger partial charge in [-0.2, -0.15) is 0 Å². The lowest BCUT2D eigenvalue weighted by atomic mass is 10.0. The van der Waals surface area contributed by atoms with E-state index in [0.29, 0.717) is 25.3 Å². The van der Waals surface area contributed by atoms with E-state index in [-0.39, 0.29) is 25.4 Å². The Morgan fingerprint density at radius 2 is 0.980 bits per heavy atom. The van der Waals surface area contributed by atoms with E-state index in [4.69, 9.17) is 30.3 Å². The van der Waals surface area contributed by atoms with Gasteiger partial charge in [-0.1, -0.05) is 117 Å². The molecule has 14 nitrogen and oxygen atoms in total. The molecule has 1 unspecified atom stereocenters. The number of carbonyl (C=O) groups excluding carboxylic acids is 3. The lowest BCUT2D eigenvalue weighted by molar-refractivity contribution is -0.307. The number of unbranched alkanes of at least 4 members (excludes halogenated alkanes) is 16. The van der Waals surface area contributed by atoms with Crippen molar-refractivity contribution in [2.24, 2.45) is 5.92 Å². The van der Waals surface area contributed by atoms with E-state index in [1.807, 2.05) is 0 Å². The first-order valence-electron chi connectivity index (χ1n) is 18.3. The number of aliphatic carboxylic acids is 5. The fraction of sp³-hybridized carbons (Fsp3) is 0.784. The van der Waals surface area contributed by atoms with Crippen molar-refractivity contribution in [2.75, 3.05) is 13.2 Å². The molecule has 0 heterocycles. The van der Waals surface area contributed by atoms with Gasteiger partial charge >= 0.3 is 23.9 Å². The maximum atomic E-state index is 11.2. The number of hydrogen-bond acceptors (Lipinski definition) is 11. The highest BCUT2D eigenvalue weighted by Gasteiger charge is 2.13. The molecule has 0 bridgehead atoms. The first-order chi connectivity index (χ1) is 24.1. The summed E-state index contributed by atoms with van der Waals surface area (Å²) in [5, 5.41) is 62.4. The van der Waals surface area contributed by atoms with Gasteiger partial charge in [-0.3, -0.25) is 9.59 Å². The van der Waals surface area contributed by atoms with Crippen molar-refractivity contribution < 1.29 is 69.2 Å². The van der Waals surface area contributed by atoms with Gasteiger partial charge < -0.3 is 50.1 Å². The van der Waals surface area contributed by atoms with Crippen molar-refractivity contribution in [3.63, 3.8) is 0 Å². The van der Waals surface area contributed by atoms with E-state index in [1.54, 1.807) is 0 Å². The average molecular weight is 733 g/mol. The first kappa shape index (κ1) is 51.8. The summed E-state index contributed by atoms with van der Waals surface area (Å²) < 4.78 is 4.75. The number of hydrogen-bond donors (Lipinski definition) is 5. The van der Waals surface area contributed by atoms with Gasteiger partial charge in [-0.25, -0.2) is 9.59 Å². The van der Waals surface area contributed by atoms with Gasteiger partial charge in [0.2, 0.25) is 0 Å². The lowest BCUT2D eigenvalue weighted by Crippen LogP contribution is -2.21. The van der Waals surface area contributed by atoms with Crippen molar-refractivity contribution in [1.29, 1.82) is 0 Å². The quantitative estimate of drug-likeness (QED) is 0.0381. The third kappa shape index (κ3) is 48.6. The average Bonchev–Trinajstić information content (AvgIpc) is 3.04. The zero-order chi connectivity index (χ0) is 39.3. The van der Waals surface area contributed by atoms with Crippen LogP contribution in [0.2, 0.25) is 0 Å². The molecule has 1 atom stereocenters. The second-order valence-electron chi connectivity index (χ2n) is 12.9. The Balaban J connectivity index is -0.000000700. The van der Waals surface area contributed by atoms with Gasteiger partial charge in [0.25, 0.3) is 0 Å². The molecule has 0 fully saturated rings. The predicted octanol–water partition coefficient (Wildman–Crippen LogP) is 4.16. The molecule has 0 aromatic heterocycles. The molecule has 0 spiro atoms. The van der Waals surface area contributed by atoms with Crippen LogP contribution in [-0.4, -0.2) is 80.7 Å². The highest BCUT2D eigenvalue weighted by atomic mass is 16.5. The molecule has 0 amide bonds. The zero-order valence-electron chi connectivity index (χ0n) is 30.8. The highest BCUT2D eigenvalue weighted by Crippen LogP contribution is 2.14. The number of aliphatic hydroxyl groups excluding tert-OH is 2. The molecule has 0 saturated carbocycles. The van der Waals surface area contributed by atoms with Gasteiger partial charge in [-0.05, 0) is 38.0 Å². The summed E-state index contributed by atoms with van der Waals surface area (Å²) in [6.45, 7) is 4.02. The minimum absolute atomic E-state index is 0.111. The Labute approximate surface area is 303 Å². The Hall–Kier alpha value is -3.52. The van der Waals surface area contributed by atoms with Gasteiger partial charge in [0, 0.05) is 24.4 Å². The maximum absolute atomic E-state index is 11.2. The summed E-state index contributed by atoms with van der Waals surface area (Å²) in [6, 6.07) is 0. The molecule has 0 aromatic rings. The van der Waals surface area contributed by atoms with Crippen molar-refractivity contribution in [1.82, 2.24) is 0 Å². The monoisotopic (exact) mass is 732 g/mol. The SMILES string of the molecule is CC(C)CCCCCCCCCCCCCCC(=O)[O-].O=C(O)/C=C(\CC(=O)O)C(=O)O.O=C([O-])CCCCCCCCC(=O)OCC(O)CO. The predicted molar refractivity (Wildman–Crippen MR) is 186 cm³/mol. The van der Waals surface area contributed by atoms with Crippen LogP contribution in [-0.2, 0) is 33.5 Å². The number of esters is 1. The lowest BCUT2D eigenvalue weighted by Gasteiger charge is -2.08. The fourth-order valence-corrected chi connectivity index (χ4v) is 4.65. The molecule has 298 valence electrons. The zero-order valence-corrected chi connectivity index (χ0v) is 30.8. The van der Waals surface area contributed by atoms with Crippen molar-refractivity contribution in [3.05, 3.63) is 11.6 Å². The summed E-state index contributed by atoms with van der Waals surface area (Å²) in [7, 11) is 0. The maximum Gasteiger partial charge on any atom is 0.332 e. The third-order valence-electron chi connectivity index (χ3n) is 7.49. The van der Waals surface area contributed by atoms with Gasteiger partial charge in [0.15, 0.2) is 0 Å². The van der Waals surface area contributed by atoms with Crippen LogP contribution < -0.4 is 10.2 Å². The van der Waals surface area contributed by atoms with Crippen LogP contribution in [0, 0.1) is 5.92 Å². The number of ether oxygens (including phenoxy) is 1. The second-order valence-corrected chi connectivity index (χ2v) is 12.9. The number of aliphatic hydroxyl groups is 2. The molecule has 0 aliphatic rings. The Morgan fingerprint density at radius 3 is 1.29 bits per heavy atom. The van der Waals surface area contributed by atoms with E-state index < -0.39 is 54.6 Å². The summed E-state index contributed by atoms with van der Waals surface area (Å²) in [4.78, 5) is 61.7. The number of rotatable bonds is 31. The minimum Gasteiger partial charge on any atom is -0.550 e. The smallest absolute Gasteiger partial charge is 0.332 e. The van der Waals surface area contributed by atoms with Crippen LogP contribution in [0.4, 0.5) is 0 Å². The second kappa shape index (κ2) is 37.7. The molecule has 0 aliphatic heterocycles. The van der Waals surface area contributed by atoms with Crippen LogP contribution in [0.25, 0.3) is 0 Å². The summed E-state index contributed by atoms with van der Waals surface area (Å²) in [6.07, 6.45) is 21.0. The first-order valence-corrected chi connectivity index (χ1v) is 18.3. The van der Waals surface area contributed by atoms with Crippen LogP contribution in [0.15, 0.2) is 11.6 Å². The van der Waals surface area contributed by atoms with Crippen LogP contribution in [0.1, 0.15) is 162 Å². The topological polar surface area (TPSA) is 259 Å². The minimum atomic E-state index is -1.54. The van der Waals surface area contributed by atoms with Gasteiger partial charge in [0.05, 0.1) is 18.6 Å². The Morgan fingerprint density at radius 1 is 0.608 bits per heavy atom. The normalized spacial score (nSPS) is 11.4. The fourth-order valence-electron chi connectivity index (χ4n) is 4.65. The van der Waals surface area contributed by atoms with Crippen molar-refractivity contribution >= 4 is 35.8 Å². The van der Waals surface area contributed by atoms with Gasteiger partial charge in [-0.15, -0.1) is 0 Å². The summed E-state index contributed by atoms with van der Waals surface area (Å²) >= 11 is 0. The largest absolute Gasteiger partial charge is 0.550 e. The van der Waals surface area contributed by atoms with E-state index in [0.717, 1.165) is 44.4 Å². The molecule has 0 aromatic carbocycles. The number of carboxylic acids is 5. The van der Waals surface area contributed by atoms with Crippen LogP contribution in [0.5, 0.6) is 0 Å². The van der Waals surface area contributed by atoms with E-state index >= 15 is 0 Å². The van der Waals surface area contributed by atoms with Gasteiger partial charge in [0.1, 0.15) is 12.7 Å². The molecule has 5 N–H and O–H groups in total. The molecular weight excluding hydrogens is 668 g/mol. The van der Waals surface area contributed by atoms with E-state index in [2.05, 4.69) is 13.8 Å². The number of carbonyl (C=O) groups is 6. The molecule has 0 rings (SSSR count). The molecule has 51 heavy (non-hydrogen) atoms. The third-order valence-corrected chi connectivity index (χ3v) is 7.49. The molecule has 14 heteroatoms. The Bertz CT molecular complexity index is 961. The van der Waals surface area contributed by atoms with Crippen LogP contribution in [0.3, 0.4) is 0 Å². The summed E-state index contributed by atoms with van der Waals surface area (Å²) in [5.74, 6) is -5.82. The summed E-state index contributed by atoms with van der Waals surface area (Å²) in [5.41, 5.74) is -0.657. The highest BCUT2D eigenvalue weighted by molar-refractivity contribution is 5.98. The van der Waals surface area contributed by atoms with Crippen molar-refractivity contribution in [2.45, 2.75) is 168 Å². The molecule has 0 saturated heterocycles. The number of carboxylic acid groups (broad SMARTS) is 5. The standard InChI is InChI=1S/C18H36O2.C13H24O6.C6H6O6/c1-17(2)15-13-11-9-7-5-3-4-6-8-10-12-14-16-18(19)20;14-9-11(15)10-19-13(18)8-6-4-2-1-3-5-7-12(16)17;7-4(8)1-3(6(11)12)2-5(9)10/h17H,3-16H2,1-2H3,(H,19,20);11,14-15H,1-10H2,(H,16,17);1H,2H2,(H,7,8)(H,9,10)(H,11,12)/p-2/b;;3-1+. The van der Waals surface area contributed by atoms with Crippen LogP contribution >= 0.6 is 0 Å². The van der Waals surface area contributed by atoms with E-state index in [9.17, 15) is 39.0 Å². The molecular formula is C37H64O14-2. The van der Waals surface area contributed by atoms with E-state index in [1.165, 1.54) is 70.6 Å². The Kier molecular flexibility index (Phi) is 38.4. The molecule has 0 radical (unpaired) electrons. The van der Waals surface area contributed by atoms with Crippen molar-refractivity contribution in [3.8, 4) is 0 Å².